The molecule has 1 aliphatic rings. The van der Waals surface area contributed by atoms with Crippen LogP contribution in [0.5, 0.6) is 0 Å². The molecule has 0 spiro atoms. The number of piperazine rings is 1. The fourth-order valence-corrected chi connectivity index (χ4v) is 2.73. The van der Waals surface area contributed by atoms with Crippen LogP contribution in [0.25, 0.3) is 0 Å². The molecule has 1 aromatic rings. The number of methoxy groups -OCH3 is 1. The Labute approximate surface area is 151 Å². The second-order valence-corrected chi connectivity index (χ2v) is 7.17. The second kappa shape index (κ2) is 7.99. The van der Waals surface area contributed by atoms with Crippen molar-refractivity contribution in [3.05, 3.63) is 35.4 Å². The van der Waals surface area contributed by atoms with Gasteiger partial charge in [0.1, 0.15) is 23.3 Å². The van der Waals surface area contributed by atoms with E-state index >= 15 is 0 Å². The Morgan fingerprint density at radius 1 is 1.23 bits per heavy atom. The molecule has 6 nitrogen and oxygen atoms in total. The van der Waals surface area contributed by atoms with Crippen molar-refractivity contribution in [3.63, 3.8) is 0 Å². The maximum absolute atomic E-state index is 13.9. The average Bonchev–Trinajstić information content (AvgIpc) is 2.55. The quantitative estimate of drug-likeness (QED) is 0.766. The van der Waals surface area contributed by atoms with Crippen molar-refractivity contribution >= 4 is 12.1 Å². The van der Waals surface area contributed by atoms with Gasteiger partial charge in [0.15, 0.2) is 0 Å². The van der Waals surface area contributed by atoms with Crippen molar-refractivity contribution in [1.82, 2.24) is 9.80 Å². The summed E-state index contributed by atoms with van der Waals surface area (Å²) >= 11 is 0. The first-order chi connectivity index (χ1) is 12.1. The second-order valence-electron chi connectivity index (χ2n) is 7.17. The van der Waals surface area contributed by atoms with Gasteiger partial charge in [-0.25, -0.2) is 13.6 Å². The van der Waals surface area contributed by atoms with Crippen LogP contribution in [0.15, 0.2) is 18.2 Å². The van der Waals surface area contributed by atoms with E-state index in [2.05, 4.69) is 0 Å². The van der Waals surface area contributed by atoms with Gasteiger partial charge in [-0.05, 0) is 26.8 Å². The molecule has 1 heterocycles. The molecule has 1 fully saturated rings. The van der Waals surface area contributed by atoms with Gasteiger partial charge in [0, 0.05) is 31.3 Å². The van der Waals surface area contributed by atoms with Crippen LogP contribution in [-0.2, 0) is 20.8 Å². The van der Waals surface area contributed by atoms with E-state index < -0.39 is 35.3 Å². The zero-order chi connectivity index (χ0) is 19.5. The molecule has 1 atom stereocenters. The zero-order valence-electron chi connectivity index (χ0n) is 15.4. The minimum absolute atomic E-state index is 0.0738. The first kappa shape index (κ1) is 20.1. The molecule has 2 rings (SSSR count). The molecular weight excluding hydrogens is 346 g/mol. The van der Waals surface area contributed by atoms with Gasteiger partial charge in [0.2, 0.25) is 0 Å². The Balaban J connectivity index is 2.13. The van der Waals surface area contributed by atoms with E-state index in [-0.39, 0.29) is 18.7 Å². The van der Waals surface area contributed by atoms with Crippen molar-refractivity contribution in [2.45, 2.75) is 39.0 Å². The van der Waals surface area contributed by atoms with E-state index in [0.717, 1.165) is 6.07 Å². The Hall–Kier alpha value is -2.22. The summed E-state index contributed by atoms with van der Waals surface area (Å²) in [7, 11) is 1.26. The normalized spacial score (nSPS) is 18.5. The third kappa shape index (κ3) is 5.14. The maximum atomic E-state index is 13.9. The highest BCUT2D eigenvalue weighted by Crippen LogP contribution is 2.20. The van der Waals surface area contributed by atoms with Gasteiger partial charge in [-0.15, -0.1) is 0 Å². The summed E-state index contributed by atoms with van der Waals surface area (Å²) < 4.78 is 37.2. The number of ether oxygens (including phenoxy) is 2. The molecule has 1 aromatic carbocycles. The third-order valence-electron chi connectivity index (χ3n) is 4.00. The lowest BCUT2D eigenvalue weighted by Crippen LogP contribution is -2.58. The lowest BCUT2D eigenvalue weighted by Gasteiger charge is -2.40. The molecule has 144 valence electrons. The summed E-state index contributed by atoms with van der Waals surface area (Å²) in [6, 6.07) is 2.56. The van der Waals surface area contributed by atoms with Gasteiger partial charge in [0.25, 0.3) is 0 Å². The molecule has 1 saturated heterocycles. The fourth-order valence-electron chi connectivity index (χ4n) is 2.73. The molecule has 8 heteroatoms. The number of hydrogen-bond acceptors (Lipinski definition) is 5. The van der Waals surface area contributed by atoms with E-state index in [1.54, 1.807) is 25.7 Å². The Morgan fingerprint density at radius 2 is 1.92 bits per heavy atom. The van der Waals surface area contributed by atoms with E-state index in [1.165, 1.54) is 24.1 Å². The Morgan fingerprint density at radius 3 is 2.50 bits per heavy atom. The Bertz CT molecular complexity index is 676. The molecule has 1 aliphatic heterocycles. The molecule has 0 bridgehead atoms. The van der Waals surface area contributed by atoms with Gasteiger partial charge in [-0.1, -0.05) is 6.07 Å². The summed E-state index contributed by atoms with van der Waals surface area (Å²) in [4.78, 5) is 27.6. The lowest BCUT2D eigenvalue weighted by atomic mass is 10.1. The highest BCUT2D eigenvalue weighted by molar-refractivity contribution is 5.77. The van der Waals surface area contributed by atoms with Crippen molar-refractivity contribution in [2.24, 2.45) is 0 Å². The monoisotopic (exact) mass is 370 g/mol. The number of esters is 1. The molecule has 0 radical (unpaired) electrons. The minimum Gasteiger partial charge on any atom is -0.468 e. The number of benzene rings is 1. The van der Waals surface area contributed by atoms with Crippen LogP contribution in [0.2, 0.25) is 0 Å². The van der Waals surface area contributed by atoms with Gasteiger partial charge >= 0.3 is 12.1 Å². The molecule has 0 aliphatic carbocycles. The van der Waals surface area contributed by atoms with Gasteiger partial charge in [0.05, 0.1) is 13.7 Å². The van der Waals surface area contributed by atoms with Crippen LogP contribution in [0.1, 0.15) is 26.3 Å². The first-order valence-electron chi connectivity index (χ1n) is 8.34. The SMILES string of the molecule is COC(=O)C1CN(C(=O)OC(C)(C)C)CCN1Cc1ccc(F)cc1F. The van der Waals surface area contributed by atoms with Crippen LogP contribution >= 0.6 is 0 Å². The Kier molecular flexibility index (Phi) is 6.17. The highest BCUT2D eigenvalue weighted by atomic mass is 19.1. The summed E-state index contributed by atoms with van der Waals surface area (Å²) in [6.45, 7) is 6.11. The molecule has 26 heavy (non-hydrogen) atoms. The smallest absolute Gasteiger partial charge is 0.410 e. The van der Waals surface area contributed by atoms with Crippen LogP contribution in [0, 0.1) is 11.6 Å². The first-order valence-corrected chi connectivity index (χ1v) is 8.34. The van der Waals surface area contributed by atoms with Gasteiger partial charge < -0.3 is 14.4 Å². The summed E-state index contributed by atoms with van der Waals surface area (Å²) in [5, 5.41) is 0. The lowest BCUT2D eigenvalue weighted by molar-refractivity contribution is -0.149. The van der Waals surface area contributed by atoms with E-state index in [4.69, 9.17) is 9.47 Å². The molecular formula is C18H24F2N2O4. The van der Waals surface area contributed by atoms with Crippen LogP contribution < -0.4 is 0 Å². The number of rotatable bonds is 3. The van der Waals surface area contributed by atoms with E-state index in [0.29, 0.717) is 13.1 Å². The predicted molar refractivity (Wildman–Crippen MR) is 90.4 cm³/mol. The van der Waals surface area contributed by atoms with Crippen molar-refractivity contribution in [1.29, 1.82) is 0 Å². The van der Waals surface area contributed by atoms with Crippen molar-refractivity contribution < 1.29 is 27.8 Å². The summed E-state index contributed by atoms with van der Waals surface area (Å²) in [5.41, 5.74) is -0.377. The molecule has 1 unspecified atom stereocenters. The van der Waals surface area contributed by atoms with Gasteiger partial charge in [-0.2, -0.15) is 0 Å². The number of carbonyl (C=O) groups excluding carboxylic acids is 2. The molecule has 0 N–H and O–H groups in total. The summed E-state index contributed by atoms with van der Waals surface area (Å²) in [5.74, 6) is -1.87. The topological polar surface area (TPSA) is 59.1 Å². The number of amides is 1. The predicted octanol–water partition coefficient (Wildman–Crippen LogP) is 2.56. The van der Waals surface area contributed by atoms with E-state index in [1.807, 2.05) is 0 Å². The van der Waals surface area contributed by atoms with Crippen LogP contribution in [0.3, 0.4) is 0 Å². The van der Waals surface area contributed by atoms with Crippen LogP contribution in [-0.4, -0.2) is 60.2 Å². The zero-order valence-corrected chi connectivity index (χ0v) is 15.4. The number of carbonyl (C=O) groups is 2. The number of halogens is 2. The van der Waals surface area contributed by atoms with Crippen molar-refractivity contribution in [3.8, 4) is 0 Å². The number of nitrogens with zero attached hydrogens (tertiary/aromatic N) is 2. The third-order valence-corrected chi connectivity index (χ3v) is 4.00. The summed E-state index contributed by atoms with van der Waals surface area (Å²) in [6.07, 6.45) is -0.515. The van der Waals surface area contributed by atoms with E-state index in [9.17, 15) is 18.4 Å². The highest BCUT2D eigenvalue weighted by Gasteiger charge is 2.36. The fraction of sp³-hybridized carbons (Fsp3) is 0.556. The maximum Gasteiger partial charge on any atom is 0.410 e. The number of hydrogen-bond donors (Lipinski definition) is 0. The van der Waals surface area contributed by atoms with Gasteiger partial charge in [-0.3, -0.25) is 9.69 Å². The van der Waals surface area contributed by atoms with Crippen molar-refractivity contribution in [2.75, 3.05) is 26.7 Å². The molecule has 1 amide bonds. The molecule has 0 aromatic heterocycles. The average molecular weight is 370 g/mol. The molecule has 0 saturated carbocycles. The minimum atomic E-state index is -0.759. The largest absolute Gasteiger partial charge is 0.468 e. The van der Waals surface area contributed by atoms with Crippen LogP contribution in [0.4, 0.5) is 13.6 Å². The standard InChI is InChI=1S/C18H24F2N2O4/c1-18(2,3)26-17(24)22-8-7-21(15(11-22)16(23)25-4)10-12-5-6-13(19)9-14(12)20/h5-6,9,15H,7-8,10-11H2,1-4H3.